The highest BCUT2D eigenvalue weighted by atomic mass is 79.9. The molecule has 1 atom stereocenters. The number of carboxylic acid groups (broad SMARTS) is 1. The lowest BCUT2D eigenvalue weighted by atomic mass is 10.1. The van der Waals surface area contributed by atoms with Crippen LogP contribution in [-0.2, 0) is 4.79 Å². The Morgan fingerprint density at radius 2 is 2.14 bits per heavy atom. The van der Waals surface area contributed by atoms with E-state index in [0.29, 0.717) is 17.3 Å². The van der Waals surface area contributed by atoms with Crippen LogP contribution in [0.4, 0.5) is 5.69 Å². The van der Waals surface area contributed by atoms with E-state index in [4.69, 9.17) is 5.11 Å². The Morgan fingerprint density at radius 3 is 2.67 bits per heavy atom. The third kappa shape index (κ3) is 4.82. The van der Waals surface area contributed by atoms with Gasteiger partial charge < -0.3 is 10.4 Å². The van der Waals surface area contributed by atoms with E-state index in [1.165, 1.54) is 12.1 Å². The van der Waals surface area contributed by atoms with Crippen molar-refractivity contribution in [2.75, 3.05) is 0 Å². The maximum Gasteiger partial charge on any atom is 0.326 e. The molecular formula is C13H15BrN2O5. The molecule has 0 aromatic heterocycles. The largest absolute Gasteiger partial charge is 0.480 e. The summed E-state index contributed by atoms with van der Waals surface area (Å²) < 4.78 is 0.366. The van der Waals surface area contributed by atoms with Gasteiger partial charge in [-0.05, 0) is 28.4 Å². The van der Waals surface area contributed by atoms with Crippen LogP contribution in [0.1, 0.15) is 36.5 Å². The van der Waals surface area contributed by atoms with Gasteiger partial charge in [0, 0.05) is 16.6 Å². The van der Waals surface area contributed by atoms with Crippen LogP contribution in [0.15, 0.2) is 22.7 Å². The number of carbonyl (C=O) groups excluding carboxylic acids is 1. The second-order valence-electron chi connectivity index (χ2n) is 4.43. The first-order chi connectivity index (χ1) is 9.86. The number of nitro groups is 1. The molecule has 0 aliphatic carbocycles. The van der Waals surface area contributed by atoms with Crippen molar-refractivity contribution in [1.29, 1.82) is 0 Å². The van der Waals surface area contributed by atoms with Crippen molar-refractivity contribution >= 4 is 33.5 Å². The van der Waals surface area contributed by atoms with Crippen LogP contribution in [0, 0.1) is 10.1 Å². The molecule has 1 aromatic rings. The van der Waals surface area contributed by atoms with Crippen LogP contribution in [0.5, 0.6) is 0 Å². The third-order valence-electron chi connectivity index (χ3n) is 2.86. The number of nitrogens with zero attached hydrogens (tertiary/aromatic N) is 1. The Kier molecular flexibility index (Phi) is 6.29. The predicted molar refractivity (Wildman–Crippen MR) is 79.2 cm³/mol. The molecule has 21 heavy (non-hydrogen) atoms. The topological polar surface area (TPSA) is 110 Å². The van der Waals surface area contributed by atoms with Gasteiger partial charge in [0.25, 0.3) is 11.6 Å². The number of rotatable bonds is 7. The Hall–Kier alpha value is -1.96. The summed E-state index contributed by atoms with van der Waals surface area (Å²) >= 11 is 3.13. The summed E-state index contributed by atoms with van der Waals surface area (Å²) in [6.07, 6.45) is 1.78. The number of hydrogen-bond donors (Lipinski definition) is 2. The Labute approximate surface area is 129 Å². The Bertz CT molecular complexity index is 561. The average molecular weight is 359 g/mol. The molecule has 0 bridgehead atoms. The lowest BCUT2D eigenvalue weighted by Crippen LogP contribution is -2.40. The predicted octanol–water partition coefficient (Wildman–Crippen LogP) is 2.73. The van der Waals surface area contributed by atoms with Crippen LogP contribution in [0.2, 0.25) is 0 Å². The number of hydrogen-bond acceptors (Lipinski definition) is 4. The van der Waals surface area contributed by atoms with Crippen molar-refractivity contribution in [3.8, 4) is 0 Å². The van der Waals surface area contributed by atoms with Crippen LogP contribution in [0.3, 0.4) is 0 Å². The Morgan fingerprint density at radius 1 is 1.48 bits per heavy atom. The monoisotopic (exact) mass is 358 g/mol. The molecule has 0 aliphatic heterocycles. The van der Waals surface area contributed by atoms with E-state index in [2.05, 4.69) is 21.2 Å². The summed E-state index contributed by atoms with van der Waals surface area (Å²) in [6.45, 7) is 1.91. The quantitative estimate of drug-likeness (QED) is 0.575. The highest BCUT2D eigenvalue weighted by molar-refractivity contribution is 9.10. The molecular weight excluding hydrogens is 344 g/mol. The first-order valence-electron chi connectivity index (χ1n) is 6.34. The molecule has 1 aromatic carbocycles. The van der Waals surface area contributed by atoms with E-state index in [9.17, 15) is 19.7 Å². The van der Waals surface area contributed by atoms with Gasteiger partial charge in [0.2, 0.25) is 0 Å². The summed E-state index contributed by atoms with van der Waals surface area (Å²) in [6, 6.07) is 2.74. The van der Waals surface area contributed by atoms with Gasteiger partial charge in [-0.15, -0.1) is 0 Å². The minimum atomic E-state index is -1.13. The molecule has 1 amide bonds. The maximum absolute atomic E-state index is 12.1. The van der Waals surface area contributed by atoms with Gasteiger partial charge in [-0.25, -0.2) is 4.79 Å². The summed E-state index contributed by atoms with van der Waals surface area (Å²) in [5.41, 5.74) is -0.198. The van der Waals surface area contributed by atoms with Gasteiger partial charge in [-0.1, -0.05) is 19.8 Å². The zero-order chi connectivity index (χ0) is 16.0. The molecule has 8 heteroatoms. The van der Waals surface area contributed by atoms with Crippen molar-refractivity contribution < 1.29 is 19.6 Å². The number of amides is 1. The van der Waals surface area contributed by atoms with E-state index in [0.717, 1.165) is 12.5 Å². The Balaban J connectivity index is 2.94. The molecule has 0 heterocycles. The number of halogens is 1. The van der Waals surface area contributed by atoms with Gasteiger partial charge >= 0.3 is 5.97 Å². The number of nitrogens with one attached hydrogen (secondary N) is 1. The fourth-order valence-electron chi connectivity index (χ4n) is 1.70. The van der Waals surface area contributed by atoms with Crippen molar-refractivity contribution in [3.05, 3.63) is 38.3 Å². The fourth-order valence-corrected chi connectivity index (χ4v) is 2.13. The number of non-ortho nitro benzene ring substituents is 1. The first-order valence-corrected chi connectivity index (χ1v) is 7.13. The van der Waals surface area contributed by atoms with E-state index in [1.807, 2.05) is 6.92 Å². The van der Waals surface area contributed by atoms with Gasteiger partial charge in [0.05, 0.1) is 10.5 Å². The summed E-state index contributed by atoms with van der Waals surface area (Å²) in [7, 11) is 0. The van der Waals surface area contributed by atoms with E-state index < -0.39 is 22.8 Å². The van der Waals surface area contributed by atoms with Crippen LogP contribution < -0.4 is 5.32 Å². The molecule has 0 fully saturated rings. The first kappa shape index (κ1) is 17.1. The number of carboxylic acids is 1. The molecule has 0 saturated carbocycles. The lowest BCUT2D eigenvalue weighted by molar-refractivity contribution is -0.384. The number of unbranched alkanes of at least 4 members (excludes halogenated alkanes) is 1. The van der Waals surface area contributed by atoms with E-state index in [-0.39, 0.29) is 11.3 Å². The highest BCUT2D eigenvalue weighted by Crippen LogP contribution is 2.22. The third-order valence-corrected chi connectivity index (χ3v) is 3.55. The molecule has 0 aliphatic rings. The molecule has 7 nitrogen and oxygen atoms in total. The number of carbonyl (C=O) groups is 2. The fraction of sp³-hybridized carbons (Fsp3) is 0.385. The number of aliphatic carboxylic acids is 1. The van der Waals surface area contributed by atoms with E-state index in [1.54, 1.807) is 0 Å². The zero-order valence-corrected chi connectivity index (χ0v) is 12.9. The second-order valence-corrected chi connectivity index (χ2v) is 5.28. The number of nitro benzene ring substituents is 1. The minimum Gasteiger partial charge on any atom is -0.480 e. The van der Waals surface area contributed by atoms with Gasteiger partial charge in [0.1, 0.15) is 6.04 Å². The minimum absolute atomic E-state index is 0.0342. The summed E-state index contributed by atoms with van der Waals surface area (Å²) in [5, 5.41) is 22.2. The molecule has 0 unspecified atom stereocenters. The molecule has 0 radical (unpaired) electrons. The van der Waals surface area contributed by atoms with Gasteiger partial charge in [-0.2, -0.15) is 0 Å². The van der Waals surface area contributed by atoms with Gasteiger partial charge in [0.15, 0.2) is 0 Å². The number of benzene rings is 1. The molecule has 2 N–H and O–H groups in total. The van der Waals surface area contributed by atoms with Crippen molar-refractivity contribution in [1.82, 2.24) is 5.32 Å². The van der Waals surface area contributed by atoms with Crippen LogP contribution in [0.25, 0.3) is 0 Å². The smallest absolute Gasteiger partial charge is 0.326 e. The maximum atomic E-state index is 12.1. The van der Waals surface area contributed by atoms with Crippen molar-refractivity contribution in [3.63, 3.8) is 0 Å². The highest BCUT2D eigenvalue weighted by Gasteiger charge is 2.22. The average Bonchev–Trinajstić information content (AvgIpc) is 2.42. The molecule has 114 valence electrons. The standard InChI is InChI=1S/C13H15BrN2O5/c1-2-3-4-11(13(18)19)15-12(17)9-7-8(16(20)21)5-6-10(9)14/h5-7,11H,2-4H2,1H3,(H,15,17)(H,18,19)/t11-/m0/s1. The second kappa shape index (κ2) is 7.72. The van der Waals surface area contributed by atoms with Crippen molar-refractivity contribution in [2.24, 2.45) is 0 Å². The SMILES string of the molecule is CCCC[C@H](NC(=O)c1cc([N+](=O)[O-])ccc1Br)C(=O)O. The van der Waals surface area contributed by atoms with E-state index >= 15 is 0 Å². The summed E-state index contributed by atoms with van der Waals surface area (Å²) in [5.74, 6) is -1.78. The lowest BCUT2D eigenvalue weighted by Gasteiger charge is -2.14. The molecule has 1 rings (SSSR count). The zero-order valence-electron chi connectivity index (χ0n) is 11.3. The molecule has 0 spiro atoms. The summed E-state index contributed by atoms with van der Waals surface area (Å²) in [4.78, 5) is 33.3. The van der Waals surface area contributed by atoms with Crippen molar-refractivity contribution in [2.45, 2.75) is 32.2 Å². The van der Waals surface area contributed by atoms with Crippen LogP contribution in [-0.4, -0.2) is 27.9 Å². The normalized spacial score (nSPS) is 11.7. The van der Waals surface area contributed by atoms with Gasteiger partial charge in [-0.3, -0.25) is 14.9 Å². The van der Waals surface area contributed by atoms with Crippen LogP contribution >= 0.6 is 15.9 Å². The molecule has 0 saturated heterocycles.